The zero-order chi connectivity index (χ0) is 17.5. The quantitative estimate of drug-likeness (QED) is 0.396. The largest absolute Gasteiger partial charge is 0.488 e. The molecular formula is C18H32IN3O2. The Morgan fingerprint density at radius 1 is 1.08 bits per heavy atom. The van der Waals surface area contributed by atoms with Crippen LogP contribution >= 0.6 is 24.0 Å². The smallest absolute Gasteiger partial charge is 0.191 e. The number of aliphatic imine (C=N–C) groups is 1. The van der Waals surface area contributed by atoms with Crippen molar-refractivity contribution in [3.8, 4) is 5.75 Å². The zero-order valence-corrected chi connectivity index (χ0v) is 18.2. The molecule has 0 heterocycles. The van der Waals surface area contributed by atoms with Gasteiger partial charge in [-0.2, -0.15) is 0 Å². The van der Waals surface area contributed by atoms with Crippen LogP contribution < -0.4 is 15.4 Å². The lowest BCUT2D eigenvalue weighted by molar-refractivity contribution is 0.0268. The molecule has 0 radical (unpaired) electrons. The highest BCUT2D eigenvalue weighted by Gasteiger charge is 2.17. The predicted octanol–water partition coefficient (Wildman–Crippen LogP) is 3.57. The summed E-state index contributed by atoms with van der Waals surface area (Å²) in [5.74, 6) is 1.63. The molecular weight excluding hydrogens is 417 g/mol. The minimum atomic E-state index is -0.245. The Morgan fingerprint density at radius 2 is 1.71 bits per heavy atom. The number of guanidine groups is 1. The number of ether oxygens (including phenoxy) is 2. The maximum absolute atomic E-state index is 6.01. The molecule has 0 aliphatic rings. The highest BCUT2D eigenvalue weighted by atomic mass is 127. The van der Waals surface area contributed by atoms with Crippen molar-refractivity contribution in [2.24, 2.45) is 4.99 Å². The predicted molar refractivity (Wildman–Crippen MR) is 112 cm³/mol. The first-order valence-electron chi connectivity index (χ1n) is 7.93. The fraction of sp³-hybridized carbons (Fsp3) is 0.611. The van der Waals surface area contributed by atoms with E-state index in [0.29, 0.717) is 13.1 Å². The Bertz CT molecular complexity index is 525. The standard InChI is InChI=1S/C18H31N3O2.HI/c1-17(2,3)23-15-11-9-8-10-14(15)12-20-16(19-6)21-13-18(4,5)22-7;/h8-11H,12-13H2,1-7H3,(H2,19,20,21);1H. The lowest BCUT2D eigenvalue weighted by atomic mass is 10.1. The van der Waals surface area contributed by atoms with E-state index in [1.807, 2.05) is 52.8 Å². The van der Waals surface area contributed by atoms with Crippen molar-refractivity contribution in [2.45, 2.75) is 52.4 Å². The van der Waals surface area contributed by atoms with Crippen LogP contribution in [0.1, 0.15) is 40.2 Å². The van der Waals surface area contributed by atoms with Gasteiger partial charge in [0.15, 0.2) is 5.96 Å². The van der Waals surface area contributed by atoms with E-state index in [1.165, 1.54) is 0 Å². The van der Waals surface area contributed by atoms with Crippen molar-refractivity contribution < 1.29 is 9.47 Å². The van der Waals surface area contributed by atoms with Gasteiger partial charge in [-0.1, -0.05) is 18.2 Å². The van der Waals surface area contributed by atoms with Crippen LogP contribution in [0.4, 0.5) is 0 Å². The number of hydrogen-bond acceptors (Lipinski definition) is 3. The second-order valence-corrected chi connectivity index (χ2v) is 7.07. The zero-order valence-electron chi connectivity index (χ0n) is 15.9. The van der Waals surface area contributed by atoms with Crippen LogP contribution in [-0.2, 0) is 11.3 Å². The molecule has 138 valence electrons. The number of nitrogens with zero attached hydrogens (tertiary/aromatic N) is 1. The molecule has 0 atom stereocenters. The number of methoxy groups -OCH3 is 1. The van der Waals surface area contributed by atoms with Gasteiger partial charge in [0.1, 0.15) is 11.4 Å². The van der Waals surface area contributed by atoms with Gasteiger partial charge in [-0.25, -0.2) is 0 Å². The van der Waals surface area contributed by atoms with E-state index in [9.17, 15) is 0 Å². The number of halogens is 1. The molecule has 1 aromatic carbocycles. The number of para-hydroxylation sites is 1. The summed E-state index contributed by atoms with van der Waals surface area (Å²) < 4.78 is 11.4. The summed E-state index contributed by atoms with van der Waals surface area (Å²) in [4.78, 5) is 4.24. The van der Waals surface area contributed by atoms with Gasteiger partial charge in [-0.15, -0.1) is 24.0 Å². The number of rotatable bonds is 6. The van der Waals surface area contributed by atoms with Crippen LogP contribution in [0.3, 0.4) is 0 Å². The third-order valence-electron chi connectivity index (χ3n) is 3.29. The number of hydrogen-bond donors (Lipinski definition) is 2. The normalized spacial score (nSPS) is 12.4. The Kier molecular flexibility index (Phi) is 9.65. The molecule has 6 heteroatoms. The lowest BCUT2D eigenvalue weighted by Crippen LogP contribution is -2.45. The van der Waals surface area contributed by atoms with Crippen molar-refractivity contribution in [2.75, 3.05) is 20.7 Å². The summed E-state index contributed by atoms with van der Waals surface area (Å²) >= 11 is 0. The summed E-state index contributed by atoms with van der Waals surface area (Å²) in [6, 6.07) is 8.04. The molecule has 2 N–H and O–H groups in total. The van der Waals surface area contributed by atoms with Gasteiger partial charge in [-0.3, -0.25) is 4.99 Å². The molecule has 0 spiro atoms. The van der Waals surface area contributed by atoms with Crippen molar-refractivity contribution in [1.82, 2.24) is 10.6 Å². The Balaban J connectivity index is 0.00000529. The van der Waals surface area contributed by atoms with Crippen LogP contribution in [-0.4, -0.2) is 37.9 Å². The molecule has 0 amide bonds. The summed E-state index contributed by atoms with van der Waals surface area (Å²) in [5.41, 5.74) is 0.625. The monoisotopic (exact) mass is 449 g/mol. The van der Waals surface area contributed by atoms with E-state index in [2.05, 4.69) is 21.7 Å². The van der Waals surface area contributed by atoms with E-state index in [1.54, 1.807) is 14.2 Å². The summed E-state index contributed by atoms with van der Waals surface area (Å²) in [7, 11) is 3.46. The summed E-state index contributed by atoms with van der Waals surface area (Å²) in [6.45, 7) is 11.5. The fourth-order valence-electron chi connectivity index (χ4n) is 1.85. The first-order valence-corrected chi connectivity index (χ1v) is 7.93. The first kappa shape index (κ1) is 23.0. The highest BCUT2D eigenvalue weighted by molar-refractivity contribution is 14.0. The molecule has 0 bridgehead atoms. The van der Waals surface area contributed by atoms with Gasteiger partial charge in [0, 0.05) is 32.8 Å². The van der Waals surface area contributed by atoms with Crippen molar-refractivity contribution in [1.29, 1.82) is 0 Å². The molecule has 5 nitrogen and oxygen atoms in total. The van der Waals surface area contributed by atoms with E-state index in [0.717, 1.165) is 17.3 Å². The molecule has 0 saturated carbocycles. The molecule has 0 fully saturated rings. The summed E-state index contributed by atoms with van der Waals surface area (Å²) in [6.07, 6.45) is 0. The molecule has 1 aromatic rings. The number of nitrogens with one attached hydrogen (secondary N) is 2. The molecule has 0 saturated heterocycles. The third kappa shape index (κ3) is 8.73. The van der Waals surface area contributed by atoms with Gasteiger partial charge in [0.25, 0.3) is 0 Å². The third-order valence-corrected chi connectivity index (χ3v) is 3.29. The topological polar surface area (TPSA) is 54.9 Å². The Morgan fingerprint density at radius 3 is 2.25 bits per heavy atom. The van der Waals surface area contributed by atoms with Gasteiger partial charge < -0.3 is 20.1 Å². The van der Waals surface area contributed by atoms with E-state index >= 15 is 0 Å². The molecule has 24 heavy (non-hydrogen) atoms. The molecule has 0 aliphatic heterocycles. The van der Waals surface area contributed by atoms with Crippen LogP contribution in [0.15, 0.2) is 29.3 Å². The van der Waals surface area contributed by atoms with Gasteiger partial charge in [-0.05, 0) is 40.7 Å². The van der Waals surface area contributed by atoms with Gasteiger partial charge >= 0.3 is 0 Å². The second-order valence-electron chi connectivity index (χ2n) is 7.07. The molecule has 0 aromatic heterocycles. The van der Waals surface area contributed by atoms with Gasteiger partial charge in [0.2, 0.25) is 0 Å². The van der Waals surface area contributed by atoms with Crippen LogP contribution in [0.25, 0.3) is 0 Å². The lowest BCUT2D eigenvalue weighted by Gasteiger charge is -2.25. The second kappa shape index (κ2) is 10.1. The van der Waals surface area contributed by atoms with Crippen molar-refractivity contribution in [3.05, 3.63) is 29.8 Å². The van der Waals surface area contributed by atoms with Crippen molar-refractivity contribution in [3.63, 3.8) is 0 Å². The van der Waals surface area contributed by atoms with E-state index in [4.69, 9.17) is 9.47 Å². The minimum absolute atomic E-state index is 0. The van der Waals surface area contributed by atoms with E-state index in [-0.39, 0.29) is 35.2 Å². The Labute approximate surface area is 163 Å². The fourth-order valence-corrected chi connectivity index (χ4v) is 1.85. The van der Waals surface area contributed by atoms with Crippen LogP contribution in [0.5, 0.6) is 5.75 Å². The average molecular weight is 449 g/mol. The first-order chi connectivity index (χ1) is 10.7. The maximum Gasteiger partial charge on any atom is 0.191 e. The average Bonchev–Trinajstić information content (AvgIpc) is 2.47. The molecule has 1 rings (SSSR count). The number of benzene rings is 1. The van der Waals surface area contributed by atoms with Crippen LogP contribution in [0, 0.1) is 0 Å². The summed E-state index contributed by atoms with van der Waals surface area (Å²) in [5, 5.41) is 6.58. The highest BCUT2D eigenvalue weighted by Crippen LogP contribution is 2.22. The molecule has 0 unspecified atom stereocenters. The Hall–Kier alpha value is -1.02. The minimum Gasteiger partial charge on any atom is -0.488 e. The maximum atomic E-state index is 6.01. The van der Waals surface area contributed by atoms with Gasteiger partial charge in [0.05, 0.1) is 5.60 Å². The SMILES string of the molecule is CN=C(NCc1ccccc1OC(C)(C)C)NCC(C)(C)OC.I. The van der Waals surface area contributed by atoms with Crippen molar-refractivity contribution >= 4 is 29.9 Å². The van der Waals surface area contributed by atoms with Crippen LogP contribution in [0.2, 0.25) is 0 Å². The van der Waals surface area contributed by atoms with E-state index < -0.39 is 0 Å². The molecule has 0 aliphatic carbocycles.